The molecule has 2 aromatic heterocycles. The Hall–Kier alpha value is -3.12. The number of aryl methyl sites for hydroxylation is 1. The van der Waals surface area contributed by atoms with E-state index in [0.29, 0.717) is 10.6 Å². The van der Waals surface area contributed by atoms with E-state index in [1.807, 2.05) is 66.9 Å². The summed E-state index contributed by atoms with van der Waals surface area (Å²) < 4.78 is 0. The highest BCUT2D eigenvalue weighted by molar-refractivity contribution is 7.14. The largest absolute Gasteiger partial charge is 0.284 e. The second kappa shape index (κ2) is 6.41. The summed E-state index contributed by atoms with van der Waals surface area (Å²) in [7, 11) is 0. The van der Waals surface area contributed by atoms with Crippen molar-refractivity contribution in [1.82, 2.24) is 15.0 Å². The van der Waals surface area contributed by atoms with Crippen LogP contribution in [0.3, 0.4) is 0 Å². The summed E-state index contributed by atoms with van der Waals surface area (Å²) in [6.45, 7) is 1.91. The van der Waals surface area contributed by atoms with Gasteiger partial charge in [-0.05, 0) is 31.2 Å². The normalized spacial score (nSPS) is 10.8. The molecule has 0 aliphatic rings. The third kappa shape index (κ3) is 2.99. The molecular formula is C19H14N4OS. The van der Waals surface area contributed by atoms with Gasteiger partial charge < -0.3 is 0 Å². The van der Waals surface area contributed by atoms with Crippen molar-refractivity contribution in [2.75, 3.05) is 4.90 Å². The molecule has 25 heavy (non-hydrogen) atoms. The van der Waals surface area contributed by atoms with Crippen LogP contribution < -0.4 is 4.90 Å². The van der Waals surface area contributed by atoms with Gasteiger partial charge in [-0.2, -0.15) is 0 Å². The molecule has 4 aromatic rings. The molecule has 0 radical (unpaired) electrons. The number of nitrogens with zero attached hydrogens (tertiary/aromatic N) is 4. The van der Waals surface area contributed by atoms with Crippen molar-refractivity contribution in [2.24, 2.45) is 0 Å². The zero-order valence-electron chi connectivity index (χ0n) is 13.5. The fourth-order valence-corrected chi connectivity index (χ4v) is 3.33. The van der Waals surface area contributed by atoms with E-state index in [1.54, 1.807) is 4.90 Å². The van der Waals surface area contributed by atoms with E-state index in [1.165, 1.54) is 17.5 Å². The monoisotopic (exact) mass is 346 g/mol. The van der Waals surface area contributed by atoms with Crippen LogP contribution in [0.25, 0.3) is 11.0 Å². The molecule has 122 valence electrons. The summed E-state index contributed by atoms with van der Waals surface area (Å²) in [5, 5.41) is 2.54. The average Bonchev–Trinajstić information content (AvgIpc) is 3.08. The third-order valence-electron chi connectivity index (χ3n) is 3.68. The minimum Gasteiger partial charge on any atom is -0.266 e. The number of hydrogen-bond donors (Lipinski definition) is 0. The Morgan fingerprint density at radius 1 is 0.960 bits per heavy atom. The first-order valence-corrected chi connectivity index (χ1v) is 8.64. The van der Waals surface area contributed by atoms with Crippen LogP contribution in [0.5, 0.6) is 0 Å². The van der Waals surface area contributed by atoms with Gasteiger partial charge in [0, 0.05) is 5.38 Å². The maximum Gasteiger partial charge on any atom is 0.284 e. The van der Waals surface area contributed by atoms with E-state index >= 15 is 0 Å². The average molecular weight is 346 g/mol. The Kier molecular flexibility index (Phi) is 3.95. The van der Waals surface area contributed by atoms with Crippen molar-refractivity contribution in [2.45, 2.75) is 6.92 Å². The van der Waals surface area contributed by atoms with E-state index in [9.17, 15) is 4.79 Å². The lowest BCUT2D eigenvalue weighted by Gasteiger charge is -2.19. The van der Waals surface area contributed by atoms with E-state index in [4.69, 9.17) is 0 Å². The zero-order valence-corrected chi connectivity index (χ0v) is 14.3. The molecule has 0 aliphatic heterocycles. The summed E-state index contributed by atoms with van der Waals surface area (Å²) >= 11 is 1.42. The number of hydrogen-bond acceptors (Lipinski definition) is 5. The van der Waals surface area contributed by atoms with Crippen LogP contribution in [0.4, 0.5) is 10.8 Å². The second-order valence-electron chi connectivity index (χ2n) is 5.49. The minimum atomic E-state index is -0.251. The van der Waals surface area contributed by atoms with Crippen molar-refractivity contribution in [3.8, 4) is 0 Å². The fraction of sp³-hybridized carbons (Fsp3) is 0.0526. The van der Waals surface area contributed by atoms with E-state index < -0.39 is 0 Å². The molecule has 4 rings (SSSR count). The van der Waals surface area contributed by atoms with Gasteiger partial charge in [-0.1, -0.05) is 30.3 Å². The zero-order chi connectivity index (χ0) is 17.2. The van der Waals surface area contributed by atoms with Crippen molar-refractivity contribution in [3.63, 3.8) is 0 Å². The lowest BCUT2D eigenvalue weighted by atomic mass is 10.2. The lowest BCUT2D eigenvalue weighted by molar-refractivity contribution is 0.0994. The SMILES string of the molecule is Cc1csc(N(C(=O)c2cnc3ccccc3n2)c2ccccc2)n1. The molecule has 1 amide bonds. The first-order valence-electron chi connectivity index (χ1n) is 7.76. The lowest BCUT2D eigenvalue weighted by Crippen LogP contribution is -2.27. The first kappa shape index (κ1) is 15.4. The molecular weight excluding hydrogens is 332 g/mol. The number of para-hydroxylation sites is 3. The smallest absolute Gasteiger partial charge is 0.266 e. The topological polar surface area (TPSA) is 59.0 Å². The van der Waals surface area contributed by atoms with Crippen LogP contribution in [-0.2, 0) is 0 Å². The van der Waals surface area contributed by atoms with Crippen LogP contribution in [0, 0.1) is 6.92 Å². The summed E-state index contributed by atoms with van der Waals surface area (Å²) in [6, 6.07) is 16.9. The number of amides is 1. The highest BCUT2D eigenvalue weighted by Crippen LogP contribution is 2.30. The number of rotatable bonds is 3. The molecule has 5 nitrogen and oxygen atoms in total. The molecule has 0 spiro atoms. The third-order valence-corrected chi connectivity index (χ3v) is 4.63. The van der Waals surface area contributed by atoms with Gasteiger partial charge in [0.1, 0.15) is 5.69 Å². The van der Waals surface area contributed by atoms with Crippen LogP contribution in [0.2, 0.25) is 0 Å². The van der Waals surface area contributed by atoms with Gasteiger partial charge in [0.2, 0.25) is 0 Å². The first-order chi connectivity index (χ1) is 12.2. The molecule has 6 heteroatoms. The Bertz CT molecular complexity index is 1050. The Morgan fingerprint density at radius 3 is 2.40 bits per heavy atom. The van der Waals surface area contributed by atoms with Crippen molar-refractivity contribution in [1.29, 1.82) is 0 Å². The Morgan fingerprint density at radius 2 is 1.68 bits per heavy atom. The molecule has 0 aliphatic carbocycles. The van der Waals surface area contributed by atoms with E-state index in [0.717, 1.165) is 16.9 Å². The van der Waals surface area contributed by atoms with Gasteiger partial charge in [0.15, 0.2) is 5.13 Å². The number of anilines is 2. The highest BCUT2D eigenvalue weighted by atomic mass is 32.1. The van der Waals surface area contributed by atoms with Crippen LogP contribution >= 0.6 is 11.3 Å². The van der Waals surface area contributed by atoms with Crippen molar-refractivity contribution < 1.29 is 4.79 Å². The fourth-order valence-electron chi connectivity index (χ4n) is 2.51. The minimum absolute atomic E-state index is 0.251. The van der Waals surface area contributed by atoms with Gasteiger partial charge in [-0.25, -0.2) is 9.97 Å². The molecule has 0 bridgehead atoms. The van der Waals surface area contributed by atoms with Crippen LogP contribution in [-0.4, -0.2) is 20.9 Å². The molecule has 2 aromatic carbocycles. The molecule has 0 saturated carbocycles. The summed E-state index contributed by atoms with van der Waals surface area (Å²) in [6.07, 6.45) is 1.51. The standard InChI is InChI=1S/C19H14N4OS/c1-13-12-25-19(21-13)23(14-7-3-2-4-8-14)18(24)17-11-20-15-9-5-6-10-16(15)22-17/h2-12H,1H3. The van der Waals surface area contributed by atoms with Crippen molar-refractivity contribution >= 4 is 39.1 Å². The maximum atomic E-state index is 13.2. The number of benzene rings is 2. The second-order valence-corrected chi connectivity index (χ2v) is 6.33. The van der Waals surface area contributed by atoms with Gasteiger partial charge >= 0.3 is 0 Å². The van der Waals surface area contributed by atoms with Gasteiger partial charge in [-0.3, -0.25) is 14.7 Å². The summed E-state index contributed by atoms with van der Waals surface area (Å²) in [5.41, 5.74) is 3.36. The number of thiazole rings is 1. The number of aromatic nitrogens is 3. The molecule has 0 unspecified atom stereocenters. The van der Waals surface area contributed by atoms with Crippen molar-refractivity contribution in [3.05, 3.63) is 77.6 Å². The number of fused-ring (bicyclic) bond motifs is 1. The molecule has 0 N–H and O–H groups in total. The number of carbonyl (C=O) groups is 1. The molecule has 0 saturated heterocycles. The quantitative estimate of drug-likeness (QED) is 0.552. The Balaban J connectivity index is 1.81. The number of carbonyl (C=O) groups excluding carboxylic acids is 1. The highest BCUT2D eigenvalue weighted by Gasteiger charge is 2.24. The predicted molar refractivity (Wildman–Crippen MR) is 99.3 cm³/mol. The van der Waals surface area contributed by atoms with Crippen LogP contribution in [0.1, 0.15) is 16.2 Å². The predicted octanol–water partition coefficient (Wildman–Crippen LogP) is 4.37. The maximum absolute atomic E-state index is 13.2. The molecule has 0 atom stereocenters. The van der Waals surface area contributed by atoms with Crippen LogP contribution in [0.15, 0.2) is 66.2 Å². The summed E-state index contributed by atoms with van der Waals surface area (Å²) in [5.74, 6) is -0.251. The van der Waals surface area contributed by atoms with E-state index in [-0.39, 0.29) is 11.6 Å². The van der Waals surface area contributed by atoms with Gasteiger partial charge in [0.05, 0.1) is 28.6 Å². The van der Waals surface area contributed by atoms with Gasteiger partial charge in [0.25, 0.3) is 5.91 Å². The van der Waals surface area contributed by atoms with E-state index in [2.05, 4.69) is 15.0 Å². The van der Waals surface area contributed by atoms with Gasteiger partial charge in [-0.15, -0.1) is 11.3 Å². The summed E-state index contributed by atoms with van der Waals surface area (Å²) in [4.78, 5) is 28.1. The molecule has 2 heterocycles. The molecule has 0 fully saturated rings. The Labute approximate surface area is 148 Å².